The highest BCUT2D eigenvalue weighted by molar-refractivity contribution is 9.09. The lowest BCUT2D eigenvalue weighted by Gasteiger charge is -2.23. The minimum atomic E-state index is -1.21. The van der Waals surface area contributed by atoms with Gasteiger partial charge in [-0.3, -0.25) is 19.2 Å². The summed E-state index contributed by atoms with van der Waals surface area (Å²) >= 11 is 6.25. The Morgan fingerprint density at radius 1 is 0.692 bits per heavy atom. The lowest BCUT2D eigenvalue weighted by Crippen LogP contribution is -2.36. The van der Waals surface area contributed by atoms with E-state index in [-0.39, 0.29) is 26.4 Å². The molecular weight excluding hydrogens is 480 g/mol. The number of halogens is 2. The molecule has 0 aliphatic heterocycles. The summed E-state index contributed by atoms with van der Waals surface area (Å²) in [7, 11) is 0. The zero-order valence-corrected chi connectivity index (χ0v) is 18.0. The topological polar surface area (TPSA) is 105 Å². The van der Waals surface area contributed by atoms with Crippen molar-refractivity contribution >= 4 is 55.7 Å². The van der Waals surface area contributed by atoms with Crippen molar-refractivity contribution in [2.24, 2.45) is 11.8 Å². The van der Waals surface area contributed by atoms with E-state index < -0.39 is 48.6 Å². The number of hydrogen-bond acceptors (Lipinski definition) is 8. The van der Waals surface area contributed by atoms with Crippen molar-refractivity contribution < 1.29 is 38.1 Å². The van der Waals surface area contributed by atoms with E-state index in [9.17, 15) is 19.2 Å². The monoisotopic (exact) mass is 502 g/mol. The quantitative estimate of drug-likeness (QED) is 0.213. The zero-order chi connectivity index (χ0) is 19.9. The fourth-order valence-corrected chi connectivity index (χ4v) is 2.39. The summed E-state index contributed by atoms with van der Waals surface area (Å²) in [6, 6.07) is 0. The van der Waals surface area contributed by atoms with Crippen molar-refractivity contribution in [3.05, 3.63) is 0 Å². The molecule has 0 N–H and O–H groups in total. The Balaban J connectivity index is 5.47. The molecule has 10 heteroatoms. The molecule has 0 fully saturated rings. The number of carbonyl (C=O) groups excluding carboxylic acids is 4. The number of esters is 4. The molecule has 0 aromatic rings. The molecule has 8 nitrogen and oxygen atoms in total. The molecule has 0 bridgehead atoms. The second-order valence-corrected chi connectivity index (χ2v) is 6.53. The first kappa shape index (κ1) is 24.8. The van der Waals surface area contributed by atoms with Gasteiger partial charge in [0.15, 0.2) is 0 Å². The van der Waals surface area contributed by atoms with Gasteiger partial charge in [-0.25, -0.2) is 0 Å². The van der Waals surface area contributed by atoms with E-state index in [2.05, 4.69) is 31.9 Å². The third-order valence-corrected chi connectivity index (χ3v) is 3.77. The highest BCUT2D eigenvalue weighted by Gasteiger charge is 2.39. The van der Waals surface area contributed by atoms with Gasteiger partial charge in [0.05, 0.1) is 37.9 Å². The molecule has 0 aromatic heterocycles. The van der Waals surface area contributed by atoms with E-state index in [1.165, 1.54) is 0 Å². The van der Waals surface area contributed by atoms with Crippen molar-refractivity contribution in [2.75, 3.05) is 37.1 Å². The van der Waals surface area contributed by atoms with Gasteiger partial charge in [0.25, 0.3) is 0 Å². The molecule has 0 saturated heterocycles. The molecule has 0 amide bonds. The van der Waals surface area contributed by atoms with Crippen molar-refractivity contribution in [3.8, 4) is 0 Å². The van der Waals surface area contributed by atoms with Crippen molar-refractivity contribution in [2.45, 2.75) is 26.7 Å². The van der Waals surface area contributed by atoms with E-state index >= 15 is 0 Å². The highest BCUT2D eigenvalue weighted by Crippen LogP contribution is 2.25. The van der Waals surface area contributed by atoms with Crippen molar-refractivity contribution in [1.29, 1.82) is 0 Å². The second kappa shape index (κ2) is 15.0. The van der Waals surface area contributed by atoms with Crippen LogP contribution in [0.15, 0.2) is 0 Å². The Labute approximate surface area is 169 Å². The Morgan fingerprint density at radius 2 is 1.04 bits per heavy atom. The van der Waals surface area contributed by atoms with Crippen LogP contribution in [-0.2, 0) is 38.1 Å². The maximum absolute atomic E-state index is 12.4. The van der Waals surface area contributed by atoms with Crippen LogP contribution in [0.25, 0.3) is 0 Å². The number of carbonyl (C=O) groups is 4. The fourth-order valence-electron chi connectivity index (χ4n) is 2.07. The lowest BCUT2D eigenvalue weighted by atomic mass is 9.86. The first-order valence-electron chi connectivity index (χ1n) is 8.17. The average molecular weight is 504 g/mol. The van der Waals surface area contributed by atoms with Gasteiger partial charge in [-0.15, -0.1) is 0 Å². The second-order valence-electron chi connectivity index (χ2n) is 4.94. The molecule has 0 aliphatic rings. The van der Waals surface area contributed by atoms with Gasteiger partial charge in [-0.1, -0.05) is 31.9 Å². The van der Waals surface area contributed by atoms with Crippen molar-refractivity contribution in [3.63, 3.8) is 0 Å². The van der Waals surface area contributed by atoms with Crippen LogP contribution in [0.1, 0.15) is 26.7 Å². The summed E-state index contributed by atoms with van der Waals surface area (Å²) in [5, 5.41) is 0.781. The maximum atomic E-state index is 12.4. The Bertz CT molecular complexity index is 427. The predicted molar refractivity (Wildman–Crippen MR) is 99.0 cm³/mol. The van der Waals surface area contributed by atoms with Gasteiger partial charge in [0.2, 0.25) is 0 Å². The van der Waals surface area contributed by atoms with Gasteiger partial charge < -0.3 is 18.9 Å². The van der Waals surface area contributed by atoms with Gasteiger partial charge >= 0.3 is 23.9 Å². The van der Waals surface area contributed by atoms with Crippen LogP contribution in [0.3, 0.4) is 0 Å². The molecule has 0 heterocycles. The molecule has 26 heavy (non-hydrogen) atoms. The molecule has 0 spiro atoms. The molecule has 0 rings (SSSR count). The molecule has 2 atom stereocenters. The molecule has 0 saturated carbocycles. The van der Waals surface area contributed by atoms with Crippen LogP contribution >= 0.6 is 31.9 Å². The SMILES string of the molecule is CCOC(=O)CC(C(=O)OCCBr)C(CC(=O)OCC)C(=O)OCCBr. The molecule has 0 aromatic carbocycles. The molecule has 2 unspecified atom stereocenters. The summed E-state index contributed by atoms with van der Waals surface area (Å²) in [6.45, 7) is 3.60. The van der Waals surface area contributed by atoms with Gasteiger partial charge in [-0.05, 0) is 13.8 Å². The predicted octanol–water partition coefficient (Wildman–Crippen LogP) is 2.00. The van der Waals surface area contributed by atoms with Crippen LogP contribution in [0.5, 0.6) is 0 Å². The van der Waals surface area contributed by atoms with Crippen LogP contribution in [-0.4, -0.2) is 61.0 Å². The number of rotatable bonds is 13. The lowest BCUT2D eigenvalue weighted by molar-refractivity contribution is -0.166. The molecule has 150 valence electrons. The van der Waals surface area contributed by atoms with Gasteiger partial charge in [0, 0.05) is 10.7 Å². The van der Waals surface area contributed by atoms with Crippen LogP contribution in [0.2, 0.25) is 0 Å². The van der Waals surface area contributed by atoms with E-state index in [1.807, 2.05) is 0 Å². The smallest absolute Gasteiger partial charge is 0.310 e. The fraction of sp³-hybridized carbons (Fsp3) is 0.750. The van der Waals surface area contributed by atoms with Gasteiger partial charge in [-0.2, -0.15) is 0 Å². The summed E-state index contributed by atoms with van der Waals surface area (Å²) in [6.07, 6.45) is -0.801. The van der Waals surface area contributed by atoms with E-state index in [1.54, 1.807) is 13.8 Å². The summed E-state index contributed by atoms with van der Waals surface area (Å²) in [5.74, 6) is -5.31. The largest absolute Gasteiger partial charge is 0.466 e. The summed E-state index contributed by atoms with van der Waals surface area (Å²) < 4.78 is 19.8. The first-order chi connectivity index (χ1) is 12.4. The normalized spacial score (nSPS) is 12.6. The van der Waals surface area contributed by atoms with E-state index in [0.717, 1.165) is 0 Å². The van der Waals surface area contributed by atoms with Crippen molar-refractivity contribution in [1.82, 2.24) is 0 Å². The minimum absolute atomic E-state index is 0.0563. The van der Waals surface area contributed by atoms with E-state index in [0.29, 0.717) is 10.7 Å². The first-order valence-corrected chi connectivity index (χ1v) is 10.4. The van der Waals surface area contributed by atoms with Crippen LogP contribution in [0.4, 0.5) is 0 Å². The zero-order valence-electron chi connectivity index (χ0n) is 14.8. The Hall–Kier alpha value is -1.16. The summed E-state index contributed by atoms with van der Waals surface area (Å²) in [4.78, 5) is 48.5. The summed E-state index contributed by atoms with van der Waals surface area (Å²) in [5.41, 5.74) is 0. The van der Waals surface area contributed by atoms with E-state index in [4.69, 9.17) is 18.9 Å². The average Bonchev–Trinajstić information content (AvgIpc) is 2.60. The van der Waals surface area contributed by atoms with Crippen LogP contribution < -0.4 is 0 Å². The number of ether oxygens (including phenoxy) is 4. The van der Waals surface area contributed by atoms with Gasteiger partial charge in [0.1, 0.15) is 13.2 Å². The molecule has 0 radical (unpaired) electrons. The Kier molecular flexibility index (Phi) is 14.3. The Morgan fingerprint density at radius 3 is 1.31 bits per heavy atom. The third kappa shape index (κ3) is 10.1. The minimum Gasteiger partial charge on any atom is -0.466 e. The third-order valence-electron chi connectivity index (χ3n) is 3.12. The molecule has 0 aliphatic carbocycles. The maximum Gasteiger partial charge on any atom is 0.310 e. The standard InChI is InChI=1S/C16H24Br2O8/c1-3-23-13(19)9-11(15(21)25-7-5-17)12(10-14(20)24-4-2)16(22)26-8-6-18/h11-12H,3-10H2,1-2H3. The number of alkyl halides is 2. The molecular formula is C16H24Br2O8. The number of hydrogen-bond donors (Lipinski definition) is 0. The highest BCUT2D eigenvalue weighted by atomic mass is 79.9. The van der Waals surface area contributed by atoms with Crippen LogP contribution in [0, 0.1) is 11.8 Å².